The molecule has 0 N–H and O–H groups in total. The Hall–Kier alpha value is 0.210. The number of halogens is 1. The molecular weight excluding hydrogens is 248 g/mol. The zero-order valence-corrected chi connectivity index (χ0v) is 12.0. The second kappa shape index (κ2) is 5.30. The Bertz CT molecular complexity index is 280. The highest BCUT2D eigenvalue weighted by Gasteiger charge is 2.45. The molecule has 1 atom stereocenters. The van der Waals surface area contributed by atoms with E-state index in [2.05, 4.69) is 0 Å². The smallest absolute Gasteiger partial charge is 0.0687 e. The van der Waals surface area contributed by atoms with Crippen molar-refractivity contribution in [3.8, 4) is 0 Å². The van der Waals surface area contributed by atoms with E-state index in [9.17, 15) is 0 Å². The summed E-state index contributed by atoms with van der Waals surface area (Å²) in [5, 5.41) is 0. The van der Waals surface area contributed by atoms with Crippen molar-refractivity contribution < 1.29 is 9.47 Å². The molecule has 0 bridgehead atoms. The van der Waals surface area contributed by atoms with E-state index in [4.69, 9.17) is 21.1 Å². The van der Waals surface area contributed by atoms with E-state index in [0.29, 0.717) is 6.10 Å². The first-order chi connectivity index (χ1) is 8.76. The molecule has 3 aliphatic rings. The molecule has 2 nitrogen and oxygen atoms in total. The normalized spacial score (nSPS) is 34.2. The van der Waals surface area contributed by atoms with Gasteiger partial charge in [0.1, 0.15) is 0 Å². The van der Waals surface area contributed by atoms with Gasteiger partial charge >= 0.3 is 0 Å². The SMILES string of the molecule is ClCC1(CC2CCC3(CCCC3)O2)CCOCC1. The first kappa shape index (κ1) is 13.2. The van der Waals surface area contributed by atoms with Gasteiger partial charge < -0.3 is 9.47 Å². The first-order valence-electron chi connectivity index (χ1n) is 7.58. The van der Waals surface area contributed by atoms with E-state index in [0.717, 1.165) is 38.4 Å². The van der Waals surface area contributed by atoms with Gasteiger partial charge in [-0.2, -0.15) is 0 Å². The monoisotopic (exact) mass is 272 g/mol. The fraction of sp³-hybridized carbons (Fsp3) is 1.00. The number of ether oxygens (including phenoxy) is 2. The largest absolute Gasteiger partial charge is 0.381 e. The average molecular weight is 273 g/mol. The Kier molecular flexibility index (Phi) is 3.89. The predicted molar refractivity (Wildman–Crippen MR) is 73.1 cm³/mol. The molecule has 2 saturated heterocycles. The van der Waals surface area contributed by atoms with Crippen LogP contribution in [0.25, 0.3) is 0 Å². The average Bonchev–Trinajstić information content (AvgIpc) is 3.02. The molecule has 3 rings (SSSR count). The van der Waals surface area contributed by atoms with Crippen molar-refractivity contribution in [2.24, 2.45) is 5.41 Å². The summed E-state index contributed by atoms with van der Waals surface area (Å²) in [7, 11) is 0. The Morgan fingerprint density at radius 1 is 1.00 bits per heavy atom. The zero-order chi connectivity index (χ0) is 12.5. The lowest BCUT2D eigenvalue weighted by Crippen LogP contribution is -2.35. The van der Waals surface area contributed by atoms with Crippen LogP contribution in [0.15, 0.2) is 0 Å². The highest BCUT2D eigenvalue weighted by atomic mass is 35.5. The lowest BCUT2D eigenvalue weighted by Gasteiger charge is -2.37. The lowest BCUT2D eigenvalue weighted by atomic mass is 9.77. The van der Waals surface area contributed by atoms with Crippen LogP contribution in [0.1, 0.15) is 57.8 Å². The van der Waals surface area contributed by atoms with Gasteiger partial charge in [-0.05, 0) is 50.4 Å². The molecule has 1 aliphatic carbocycles. The summed E-state index contributed by atoms with van der Waals surface area (Å²) < 4.78 is 11.9. The van der Waals surface area contributed by atoms with Crippen LogP contribution in [-0.2, 0) is 9.47 Å². The molecular formula is C15H25ClO2. The van der Waals surface area contributed by atoms with Crippen molar-refractivity contribution in [2.75, 3.05) is 19.1 Å². The van der Waals surface area contributed by atoms with Crippen molar-refractivity contribution in [3.63, 3.8) is 0 Å². The van der Waals surface area contributed by atoms with E-state index in [1.807, 2.05) is 0 Å². The summed E-state index contributed by atoms with van der Waals surface area (Å²) >= 11 is 6.26. The molecule has 104 valence electrons. The van der Waals surface area contributed by atoms with Crippen LogP contribution in [-0.4, -0.2) is 30.8 Å². The minimum absolute atomic E-state index is 0.267. The van der Waals surface area contributed by atoms with Gasteiger partial charge in [-0.1, -0.05) is 12.8 Å². The van der Waals surface area contributed by atoms with Crippen LogP contribution in [0.5, 0.6) is 0 Å². The highest BCUT2D eigenvalue weighted by molar-refractivity contribution is 6.18. The van der Waals surface area contributed by atoms with Gasteiger partial charge in [-0.3, -0.25) is 0 Å². The summed E-state index contributed by atoms with van der Waals surface area (Å²) in [4.78, 5) is 0. The maximum atomic E-state index is 6.44. The summed E-state index contributed by atoms with van der Waals surface area (Å²) in [6.07, 6.45) is 11.7. The second-order valence-electron chi connectivity index (χ2n) is 6.62. The molecule has 0 radical (unpaired) electrons. The predicted octanol–water partition coefficient (Wildman–Crippen LogP) is 3.90. The first-order valence-corrected chi connectivity index (χ1v) is 8.11. The van der Waals surface area contributed by atoms with Gasteiger partial charge in [0.2, 0.25) is 0 Å². The van der Waals surface area contributed by atoms with Gasteiger partial charge in [0.25, 0.3) is 0 Å². The second-order valence-corrected chi connectivity index (χ2v) is 6.89. The summed E-state index contributed by atoms with van der Waals surface area (Å²) in [5.41, 5.74) is 0.554. The van der Waals surface area contributed by atoms with Gasteiger partial charge in [0.05, 0.1) is 11.7 Å². The van der Waals surface area contributed by atoms with Crippen molar-refractivity contribution in [3.05, 3.63) is 0 Å². The minimum atomic E-state index is 0.267. The highest BCUT2D eigenvalue weighted by Crippen LogP contribution is 2.47. The molecule has 0 aromatic rings. The van der Waals surface area contributed by atoms with Crippen molar-refractivity contribution in [1.29, 1.82) is 0 Å². The third-order valence-corrected chi connectivity index (χ3v) is 5.92. The Labute approximate surface area is 115 Å². The summed E-state index contributed by atoms with van der Waals surface area (Å²) in [6, 6.07) is 0. The van der Waals surface area contributed by atoms with E-state index < -0.39 is 0 Å². The number of alkyl halides is 1. The molecule has 2 heterocycles. The molecule has 18 heavy (non-hydrogen) atoms. The number of rotatable bonds is 3. The molecule has 1 unspecified atom stereocenters. The molecule has 0 aromatic heterocycles. The number of hydrogen-bond donors (Lipinski definition) is 0. The zero-order valence-electron chi connectivity index (χ0n) is 11.3. The van der Waals surface area contributed by atoms with Crippen LogP contribution < -0.4 is 0 Å². The lowest BCUT2D eigenvalue weighted by molar-refractivity contribution is -0.0660. The fourth-order valence-electron chi connectivity index (χ4n) is 4.11. The maximum Gasteiger partial charge on any atom is 0.0687 e. The van der Waals surface area contributed by atoms with Crippen LogP contribution in [0.3, 0.4) is 0 Å². The minimum Gasteiger partial charge on any atom is -0.381 e. The van der Waals surface area contributed by atoms with Gasteiger partial charge in [-0.15, -0.1) is 11.6 Å². The van der Waals surface area contributed by atoms with Crippen molar-refractivity contribution in [2.45, 2.75) is 69.5 Å². The van der Waals surface area contributed by atoms with Crippen LogP contribution in [0, 0.1) is 5.41 Å². The maximum absolute atomic E-state index is 6.44. The molecule has 0 aromatic carbocycles. The third-order valence-electron chi connectivity index (χ3n) is 5.35. The summed E-state index contributed by atoms with van der Waals surface area (Å²) in [6.45, 7) is 1.76. The van der Waals surface area contributed by atoms with E-state index in [1.54, 1.807) is 0 Å². The standard InChI is InChI=1S/C15H25ClO2/c16-12-14(7-9-17-10-8-14)11-13-3-6-15(18-13)4-1-2-5-15/h13H,1-12H2. The van der Waals surface area contributed by atoms with E-state index in [-0.39, 0.29) is 11.0 Å². The molecule has 2 aliphatic heterocycles. The topological polar surface area (TPSA) is 18.5 Å². The molecule has 3 heteroatoms. The van der Waals surface area contributed by atoms with Crippen LogP contribution >= 0.6 is 11.6 Å². The van der Waals surface area contributed by atoms with E-state index >= 15 is 0 Å². The van der Waals surface area contributed by atoms with E-state index in [1.165, 1.54) is 38.5 Å². The van der Waals surface area contributed by atoms with Gasteiger partial charge in [-0.25, -0.2) is 0 Å². The molecule has 1 saturated carbocycles. The van der Waals surface area contributed by atoms with Crippen LogP contribution in [0.2, 0.25) is 0 Å². The molecule has 3 fully saturated rings. The quantitative estimate of drug-likeness (QED) is 0.726. The van der Waals surface area contributed by atoms with Gasteiger partial charge in [0, 0.05) is 19.1 Å². The third kappa shape index (κ3) is 2.57. The molecule has 1 spiro atoms. The van der Waals surface area contributed by atoms with Gasteiger partial charge in [0.15, 0.2) is 0 Å². The number of hydrogen-bond acceptors (Lipinski definition) is 2. The van der Waals surface area contributed by atoms with Crippen molar-refractivity contribution in [1.82, 2.24) is 0 Å². The fourth-order valence-corrected chi connectivity index (χ4v) is 4.48. The Balaban J connectivity index is 1.59. The Morgan fingerprint density at radius 2 is 1.72 bits per heavy atom. The van der Waals surface area contributed by atoms with Crippen molar-refractivity contribution >= 4 is 11.6 Å². The van der Waals surface area contributed by atoms with Crippen LogP contribution in [0.4, 0.5) is 0 Å². The molecule has 0 amide bonds. The Morgan fingerprint density at radius 3 is 2.39 bits per heavy atom. The summed E-state index contributed by atoms with van der Waals surface area (Å²) in [5.74, 6) is 0.767.